The number of carbonyl (C=O) groups excluding carboxylic acids is 2. The van der Waals surface area contributed by atoms with E-state index in [0.29, 0.717) is 22.9 Å². The van der Waals surface area contributed by atoms with Crippen LogP contribution >= 0.6 is 23.2 Å². The van der Waals surface area contributed by atoms with Crippen LogP contribution in [0.5, 0.6) is 11.5 Å². The first kappa shape index (κ1) is 18.1. The second-order valence-electron chi connectivity index (χ2n) is 5.39. The van der Waals surface area contributed by atoms with Gasteiger partial charge in [-0.3, -0.25) is 4.79 Å². The maximum Gasteiger partial charge on any atom is 0.333 e. The van der Waals surface area contributed by atoms with E-state index in [1.165, 1.54) is 24.3 Å². The molecule has 0 atom stereocenters. The maximum atomic E-state index is 12.6. The van der Waals surface area contributed by atoms with E-state index in [1.54, 1.807) is 25.1 Å². The maximum absolute atomic E-state index is 12.6. The highest BCUT2D eigenvalue weighted by Crippen LogP contribution is 2.36. The Balaban J connectivity index is 1.96. The molecule has 0 saturated carbocycles. The predicted octanol–water partition coefficient (Wildman–Crippen LogP) is 4.20. The van der Waals surface area contributed by atoms with Crippen molar-refractivity contribution in [3.05, 3.63) is 57.7 Å². The number of aromatic hydroxyl groups is 1. The van der Waals surface area contributed by atoms with Gasteiger partial charge < -0.3 is 15.2 Å². The molecule has 0 aromatic heterocycles. The average molecular weight is 393 g/mol. The highest BCUT2D eigenvalue weighted by molar-refractivity contribution is 6.33. The van der Waals surface area contributed by atoms with Gasteiger partial charge in [-0.25, -0.2) is 9.69 Å². The number of carbonyl (C=O) groups is 2. The number of nitrogens with zero attached hydrogens (tertiary/aromatic N) is 1. The van der Waals surface area contributed by atoms with E-state index in [0.717, 1.165) is 4.90 Å². The van der Waals surface area contributed by atoms with Crippen molar-refractivity contribution in [1.29, 1.82) is 0 Å². The lowest BCUT2D eigenvalue weighted by Crippen LogP contribution is -2.30. The van der Waals surface area contributed by atoms with Crippen molar-refractivity contribution >= 4 is 46.9 Å². The van der Waals surface area contributed by atoms with Crippen molar-refractivity contribution in [2.45, 2.75) is 6.92 Å². The molecular formula is C18H14Cl2N2O4. The molecule has 2 aromatic carbocycles. The minimum atomic E-state index is -0.585. The van der Waals surface area contributed by atoms with Gasteiger partial charge in [0.15, 0.2) is 11.5 Å². The molecule has 2 aromatic rings. The molecule has 3 amide bonds. The number of halogens is 2. The number of anilines is 1. The summed E-state index contributed by atoms with van der Waals surface area (Å²) >= 11 is 11.9. The molecule has 0 bridgehead atoms. The fourth-order valence-corrected chi connectivity index (χ4v) is 2.90. The summed E-state index contributed by atoms with van der Waals surface area (Å²) in [6.07, 6.45) is 1.46. The Kier molecular flexibility index (Phi) is 5.06. The molecule has 0 unspecified atom stereocenters. The van der Waals surface area contributed by atoms with Crippen molar-refractivity contribution in [2.75, 3.05) is 11.5 Å². The van der Waals surface area contributed by atoms with Crippen LogP contribution in [0.4, 0.5) is 10.5 Å². The smallest absolute Gasteiger partial charge is 0.333 e. The van der Waals surface area contributed by atoms with E-state index < -0.39 is 11.9 Å². The number of phenolic OH excluding ortho intramolecular Hbond substituents is 1. The molecule has 3 rings (SSSR count). The summed E-state index contributed by atoms with van der Waals surface area (Å²) in [4.78, 5) is 25.8. The van der Waals surface area contributed by atoms with Crippen LogP contribution in [0.1, 0.15) is 12.5 Å². The van der Waals surface area contributed by atoms with Crippen molar-refractivity contribution in [1.82, 2.24) is 5.32 Å². The van der Waals surface area contributed by atoms with Crippen LogP contribution in [0.25, 0.3) is 6.08 Å². The number of hydrogen-bond acceptors (Lipinski definition) is 4. The first-order valence-corrected chi connectivity index (χ1v) is 8.44. The third-order valence-electron chi connectivity index (χ3n) is 3.61. The number of hydrogen-bond donors (Lipinski definition) is 2. The fourth-order valence-electron chi connectivity index (χ4n) is 2.49. The third-order valence-corrected chi connectivity index (χ3v) is 4.13. The van der Waals surface area contributed by atoms with Crippen molar-refractivity contribution in [3.63, 3.8) is 0 Å². The SMILES string of the molecule is CCOc1cc(/C=C2/NC(=O)N(c3cccc(Cl)c3)C2=O)cc(Cl)c1O. The molecule has 26 heavy (non-hydrogen) atoms. The van der Waals surface area contributed by atoms with Crippen LogP contribution in [0.3, 0.4) is 0 Å². The van der Waals surface area contributed by atoms with Crippen LogP contribution in [0.15, 0.2) is 42.1 Å². The lowest BCUT2D eigenvalue weighted by molar-refractivity contribution is -0.113. The minimum absolute atomic E-state index is 0.0687. The summed E-state index contributed by atoms with van der Waals surface area (Å²) in [7, 11) is 0. The third kappa shape index (κ3) is 3.47. The monoisotopic (exact) mass is 392 g/mol. The molecule has 0 aliphatic carbocycles. The van der Waals surface area contributed by atoms with Gasteiger partial charge in [0.05, 0.1) is 17.3 Å². The molecule has 0 spiro atoms. The number of nitrogens with one attached hydrogen (secondary N) is 1. The van der Waals surface area contributed by atoms with E-state index in [9.17, 15) is 14.7 Å². The second kappa shape index (κ2) is 7.27. The summed E-state index contributed by atoms with van der Waals surface area (Å²) in [5, 5.41) is 12.9. The van der Waals surface area contributed by atoms with Gasteiger partial charge in [-0.05, 0) is 48.9 Å². The molecule has 1 saturated heterocycles. The number of rotatable bonds is 4. The van der Waals surface area contributed by atoms with E-state index in [1.807, 2.05) is 0 Å². The Bertz CT molecular complexity index is 927. The van der Waals surface area contributed by atoms with Gasteiger partial charge in [-0.1, -0.05) is 29.3 Å². The highest BCUT2D eigenvalue weighted by Gasteiger charge is 2.35. The summed E-state index contributed by atoms with van der Waals surface area (Å²) in [6.45, 7) is 2.10. The van der Waals surface area contributed by atoms with Gasteiger partial charge in [-0.2, -0.15) is 0 Å². The topological polar surface area (TPSA) is 78.9 Å². The van der Waals surface area contributed by atoms with E-state index >= 15 is 0 Å². The number of ether oxygens (including phenoxy) is 1. The van der Waals surface area contributed by atoms with E-state index in [4.69, 9.17) is 27.9 Å². The van der Waals surface area contributed by atoms with Gasteiger partial charge in [0.1, 0.15) is 5.70 Å². The van der Waals surface area contributed by atoms with Crippen LogP contribution < -0.4 is 15.0 Å². The minimum Gasteiger partial charge on any atom is -0.503 e. The normalized spacial score (nSPS) is 15.5. The number of phenols is 1. The Morgan fingerprint density at radius 2 is 2.00 bits per heavy atom. The van der Waals surface area contributed by atoms with E-state index in [2.05, 4.69) is 5.32 Å². The fraction of sp³-hybridized carbons (Fsp3) is 0.111. The van der Waals surface area contributed by atoms with Crippen molar-refractivity contribution in [3.8, 4) is 11.5 Å². The molecule has 1 aliphatic heterocycles. The largest absolute Gasteiger partial charge is 0.503 e. The first-order valence-electron chi connectivity index (χ1n) is 7.68. The summed E-state index contributed by atoms with van der Waals surface area (Å²) in [5.41, 5.74) is 0.925. The van der Waals surface area contributed by atoms with Crippen molar-refractivity contribution < 1.29 is 19.4 Å². The quantitative estimate of drug-likeness (QED) is 0.603. The molecule has 1 heterocycles. The van der Waals surface area contributed by atoms with Crippen LogP contribution in [0, 0.1) is 0 Å². The standard InChI is InChI=1S/C18H14Cl2N2O4/c1-2-26-15-8-10(6-13(20)16(15)23)7-14-17(24)22(18(25)21-14)12-5-3-4-11(19)9-12/h3-9,23H,2H2,1H3,(H,21,25)/b14-7+. The zero-order valence-electron chi connectivity index (χ0n) is 13.6. The average Bonchev–Trinajstić information content (AvgIpc) is 2.86. The summed E-state index contributed by atoms with van der Waals surface area (Å²) < 4.78 is 5.31. The number of benzene rings is 2. The van der Waals surface area contributed by atoms with Crippen LogP contribution in [-0.2, 0) is 4.79 Å². The molecular weight excluding hydrogens is 379 g/mol. The summed E-state index contributed by atoms with van der Waals surface area (Å²) in [5.74, 6) is -0.521. The zero-order valence-corrected chi connectivity index (χ0v) is 15.1. The Morgan fingerprint density at radius 3 is 2.69 bits per heavy atom. The molecule has 1 fully saturated rings. The van der Waals surface area contributed by atoms with Gasteiger partial charge in [-0.15, -0.1) is 0 Å². The number of urea groups is 1. The molecule has 8 heteroatoms. The molecule has 2 N–H and O–H groups in total. The Morgan fingerprint density at radius 1 is 1.23 bits per heavy atom. The predicted molar refractivity (Wildman–Crippen MR) is 99.7 cm³/mol. The van der Waals surface area contributed by atoms with Crippen LogP contribution in [-0.4, -0.2) is 23.7 Å². The lowest BCUT2D eigenvalue weighted by atomic mass is 10.1. The first-order chi connectivity index (χ1) is 12.4. The highest BCUT2D eigenvalue weighted by atomic mass is 35.5. The number of imide groups is 1. The second-order valence-corrected chi connectivity index (χ2v) is 6.23. The Hall–Kier alpha value is -2.70. The van der Waals surface area contributed by atoms with Crippen LogP contribution in [0.2, 0.25) is 10.0 Å². The molecule has 0 radical (unpaired) electrons. The van der Waals surface area contributed by atoms with Gasteiger partial charge in [0.2, 0.25) is 0 Å². The number of amides is 3. The van der Waals surface area contributed by atoms with Gasteiger partial charge >= 0.3 is 6.03 Å². The Labute approximate surface area is 159 Å². The summed E-state index contributed by atoms with van der Waals surface area (Å²) in [6, 6.07) is 8.83. The van der Waals surface area contributed by atoms with Gasteiger partial charge in [0, 0.05) is 5.02 Å². The molecule has 6 nitrogen and oxygen atoms in total. The van der Waals surface area contributed by atoms with Gasteiger partial charge in [0.25, 0.3) is 5.91 Å². The van der Waals surface area contributed by atoms with E-state index in [-0.39, 0.29) is 22.2 Å². The zero-order chi connectivity index (χ0) is 18.8. The molecule has 1 aliphatic rings. The molecule has 134 valence electrons. The lowest BCUT2D eigenvalue weighted by Gasteiger charge is -2.11. The van der Waals surface area contributed by atoms with Crippen molar-refractivity contribution in [2.24, 2.45) is 0 Å².